The number of hydrogen-bond acceptors (Lipinski definition) is 2. The van der Waals surface area contributed by atoms with Crippen LogP contribution in [0.2, 0.25) is 0 Å². The van der Waals surface area contributed by atoms with Crippen molar-refractivity contribution in [2.24, 2.45) is 0 Å². The Morgan fingerprint density at radius 3 is 1.92 bits per heavy atom. The van der Waals surface area contributed by atoms with E-state index in [1.54, 1.807) is 0 Å². The van der Waals surface area contributed by atoms with Gasteiger partial charge in [0.05, 0.1) is 6.10 Å². The Morgan fingerprint density at radius 1 is 1.00 bits per heavy atom. The van der Waals surface area contributed by atoms with E-state index in [4.69, 9.17) is 4.74 Å². The molecule has 1 radical (unpaired) electrons. The molecule has 135 valence electrons. The van der Waals surface area contributed by atoms with Crippen LogP contribution in [0.25, 0.3) is 0 Å². The zero-order valence-electron chi connectivity index (χ0n) is 17.4. The Morgan fingerprint density at radius 2 is 1.50 bits per heavy atom. The molecule has 0 aliphatic heterocycles. The molecular formula is C22H29LiO2P. The van der Waals surface area contributed by atoms with E-state index in [-0.39, 0.29) is 44.5 Å². The minimum atomic E-state index is 0. The molecular weight excluding hydrogens is 334 g/mol. The fourth-order valence-corrected chi connectivity index (χ4v) is 3.95. The van der Waals surface area contributed by atoms with Gasteiger partial charge in [-0.2, -0.15) is 0 Å². The summed E-state index contributed by atoms with van der Waals surface area (Å²) in [6, 6.07) is 12.2. The third-order valence-corrected chi connectivity index (χ3v) is 5.21. The summed E-state index contributed by atoms with van der Waals surface area (Å²) in [4.78, 5) is 12.9. The van der Waals surface area contributed by atoms with E-state index in [9.17, 15) is 4.79 Å². The summed E-state index contributed by atoms with van der Waals surface area (Å²) in [5, 5.41) is 1.04. The number of ether oxygens (including phenoxy) is 1. The normalized spacial score (nSPS) is 11.7. The molecule has 1 unspecified atom stereocenters. The third kappa shape index (κ3) is 5.99. The predicted molar refractivity (Wildman–Crippen MR) is 115 cm³/mol. The Hall–Kier alpha value is -1.06. The molecule has 0 saturated carbocycles. The molecule has 0 saturated heterocycles. The van der Waals surface area contributed by atoms with Gasteiger partial charge in [-0.05, 0) is 75.8 Å². The van der Waals surface area contributed by atoms with E-state index >= 15 is 0 Å². The molecule has 0 spiro atoms. The second kappa shape index (κ2) is 9.23. The monoisotopic (exact) mass is 363 g/mol. The van der Waals surface area contributed by atoms with Gasteiger partial charge >= 0.3 is 0 Å². The average Bonchev–Trinajstić information content (AvgIpc) is 2.47. The van der Waals surface area contributed by atoms with Crippen molar-refractivity contribution in [2.75, 3.05) is 0 Å². The molecule has 0 heterocycles. The van der Waals surface area contributed by atoms with Crippen molar-refractivity contribution in [1.29, 1.82) is 0 Å². The minimum Gasteiger partial charge on any atom is -0.491 e. The molecule has 0 aliphatic rings. The molecule has 0 amide bonds. The predicted octanol–water partition coefficient (Wildman–Crippen LogP) is 5.15. The van der Waals surface area contributed by atoms with Gasteiger partial charge in [-0.1, -0.05) is 45.0 Å². The van der Waals surface area contributed by atoms with E-state index in [0.717, 1.165) is 27.7 Å². The maximum absolute atomic E-state index is 12.9. The summed E-state index contributed by atoms with van der Waals surface area (Å²) in [6.07, 6.45) is 0.154. The second-order valence-corrected chi connectivity index (χ2v) is 9.16. The van der Waals surface area contributed by atoms with Crippen molar-refractivity contribution in [3.63, 3.8) is 0 Å². The zero-order chi connectivity index (χ0) is 18.8. The summed E-state index contributed by atoms with van der Waals surface area (Å²) in [7, 11) is 0.130. The van der Waals surface area contributed by atoms with Gasteiger partial charge in [-0.25, -0.2) is 0 Å². The first-order chi connectivity index (χ1) is 11.6. The standard InChI is InChI=1S/C22H29O2P.Li/c1-14(2)24-18-8-10-19(11-9-18)25-21(23)20-15(3)12-17(13-16(20)4)22(5,6)7;/h8-14,25H,1-7H3;. The van der Waals surface area contributed by atoms with Gasteiger partial charge in [0.1, 0.15) is 5.75 Å². The Bertz CT molecular complexity index is 736. The van der Waals surface area contributed by atoms with Crippen molar-refractivity contribution < 1.29 is 9.53 Å². The van der Waals surface area contributed by atoms with E-state index in [0.29, 0.717) is 0 Å². The first kappa shape index (κ1) is 23.0. The molecule has 4 heteroatoms. The van der Waals surface area contributed by atoms with E-state index in [1.807, 2.05) is 52.0 Å². The summed E-state index contributed by atoms with van der Waals surface area (Å²) < 4.78 is 5.66. The van der Waals surface area contributed by atoms with Crippen LogP contribution in [0.3, 0.4) is 0 Å². The van der Waals surface area contributed by atoms with Crippen LogP contribution in [0.4, 0.5) is 0 Å². The molecule has 0 N–H and O–H groups in total. The van der Waals surface area contributed by atoms with Crippen molar-refractivity contribution in [1.82, 2.24) is 0 Å². The number of carbonyl (C=O) groups excluding carboxylic acids is 1. The SMILES string of the molecule is Cc1cc(C(C)(C)C)cc(C)c1C(=O)Pc1ccc(OC(C)C)cc1.[Li]. The van der Waals surface area contributed by atoms with Gasteiger partial charge < -0.3 is 4.74 Å². The number of rotatable bonds is 5. The largest absolute Gasteiger partial charge is 0.491 e. The van der Waals surface area contributed by atoms with Gasteiger partial charge in [0.25, 0.3) is 0 Å². The van der Waals surface area contributed by atoms with E-state index < -0.39 is 0 Å². The third-order valence-electron chi connectivity index (χ3n) is 4.11. The first-order valence-electron chi connectivity index (χ1n) is 8.77. The quantitative estimate of drug-likeness (QED) is 0.542. The van der Waals surface area contributed by atoms with E-state index in [2.05, 4.69) is 32.9 Å². The van der Waals surface area contributed by atoms with Gasteiger partial charge in [0.2, 0.25) is 0 Å². The molecule has 0 aliphatic carbocycles. The number of benzene rings is 2. The molecule has 0 fully saturated rings. The Kier molecular flexibility index (Phi) is 8.16. The topological polar surface area (TPSA) is 26.3 Å². The van der Waals surface area contributed by atoms with Gasteiger partial charge in [0.15, 0.2) is 5.52 Å². The smallest absolute Gasteiger partial charge is 0.186 e. The van der Waals surface area contributed by atoms with Crippen molar-refractivity contribution >= 4 is 38.3 Å². The molecule has 0 aromatic heterocycles. The molecule has 2 nitrogen and oxygen atoms in total. The van der Waals surface area contributed by atoms with Crippen LogP contribution in [0, 0.1) is 13.8 Å². The van der Waals surface area contributed by atoms with Crippen molar-refractivity contribution in [3.8, 4) is 5.75 Å². The molecule has 2 aromatic carbocycles. The summed E-state index contributed by atoms with van der Waals surface area (Å²) in [6.45, 7) is 14.7. The van der Waals surface area contributed by atoms with Crippen LogP contribution in [-0.2, 0) is 5.41 Å². The fourth-order valence-electron chi connectivity index (χ4n) is 2.84. The molecule has 1 atom stereocenters. The summed E-state index contributed by atoms with van der Waals surface area (Å²) in [5.41, 5.74) is 4.58. The minimum absolute atomic E-state index is 0. The van der Waals surface area contributed by atoms with Crippen LogP contribution >= 0.6 is 8.58 Å². The molecule has 26 heavy (non-hydrogen) atoms. The fraction of sp³-hybridized carbons (Fsp3) is 0.409. The number of carbonyl (C=O) groups is 1. The zero-order valence-corrected chi connectivity index (χ0v) is 18.4. The van der Waals surface area contributed by atoms with Gasteiger partial charge in [-0.3, -0.25) is 4.79 Å². The van der Waals surface area contributed by atoms with Crippen LogP contribution in [0.15, 0.2) is 36.4 Å². The average molecular weight is 363 g/mol. The number of hydrogen-bond donors (Lipinski definition) is 0. The van der Waals surface area contributed by atoms with E-state index in [1.165, 1.54) is 5.56 Å². The van der Waals surface area contributed by atoms with Gasteiger partial charge in [-0.15, -0.1) is 0 Å². The molecule has 2 aromatic rings. The summed E-state index contributed by atoms with van der Waals surface area (Å²) >= 11 is 0. The first-order valence-corrected chi connectivity index (χ1v) is 9.77. The molecule has 2 rings (SSSR count). The number of aryl methyl sites for hydroxylation is 2. The van der Waals surface area contributed by atoms with Crippen LogP contribution in [-0.4, -0.2) is 30.5 Å². The second-order valence-electron chi connectivity index (χ2n) is 7.88. The van der Waals surface area contributed by atoms with Gasteiger partial charge in [0, 0.05) is 24.4 Å². The summed E-state index contributed by atoms with van der Waals surface area (Å²) in [5.74, 6) is 0.845. The molecule has 0 bridgehead atoms. The van der Waals surface area contributed by atoms with Crippen LogP contribution in [0.1, 0.15) is 61.7 Å². The van der Waals surface area contributed by atoms with Crippen molar-refractivity contribution in [2.45, 2.75) is 60.0 Å². The maximum Gasteiger partial charge on any atom is 0.186 e. The Labute approximate surface area is 172 Å². The van der Waals surface area contributed by atoms with Crippen LogP contribution < -0.4 is 10.0 Å². The maximum atomic E-state index is 12.9. The van der Waals surface area contributed by atoms with Crippen molar-refractivity contribution in [3.05, 3.63) is 58.7 Å². The Balaban J connectivity index is 0.00000338. The van der Waals surface area contributed by atoms with Crippen LogP contribution in [0.5, 0.6) is 5.75 Å².